The lowest BCUT2D eigenvalue weighted by atomic mass is 10.1. The second-order valence-corrected chi connectivity index (χ2v) is 7.26. The molecule has 8 nitrogen and oxygen atoms in total. The molecule has 8 heteroatoms. The van der Waals surface area contributed by atoms with Crippen LogP contribution < -0.4 is 16.1 Å². The molecule has 0 saturated carbocycles. The zero-order valence-corrected chi connectivity index (χ0v) is 16.1. The molecule has 0 unspecified atom stereocenters. The fraction of sp³-hybridized carbons (Fsp3) is 0.722. The van der Waals surface area contributed by atoms with Crippen LogP contribution in [0, 0.1) is 0 Å². The summed E-state index contributed by atoms with van der Waals surface area (Å²) in [6.07, 6.45) is 5.81. The van der Waals surface area contributed by atoms with Gasteiger partial charge in [-0.05, 0) is 13.5 Å². The number of likely N-dealkylation sites (N-methyl/N-ethyl adjacent to an activating group) is 1. The molecule has 144 valence electrons. The molecule has 0 aromatic carbocycles. The molecule has 2 aromatic rings. The van der Waals surface area contributed by atoms with E-state index in [0.29, 0.717) is 11.2 Å². The summed E-state index contributed by atoms with van der Waals surface area (Å²) in [7, 11) is 3.77. The van der Waals surface area contributed by atoms with Crippen LogP contribution in [-0.4, -0.2) is 57.2 Å². The number of aromatic amines is 1. The Morgan fingerprint density at radius 2 is 1.69 bits per heavy atom. The van der Waals surface area contributed by atoms with Crippen molar-refractivity contribution in [3.8, 4) is 0 Å². The summed E-state index contributed by atoms with van der Waals surface area (Å²) < 4.78 is 3.45. The Kier molecular flexibility index (Phi) is 5.80. The number of hydrogen-bond donors (Lipinski definition) is 1. The van der Waals surface area contributed by atoms with E-state index in [1.807, 2.05) is 4.57 Å². The van der Waals surface area contributed by atoms with Gasteiger partial charge in [-0.1, -0.05) is 32.6 Å². The summed E-state index contributed by atoms with van der Waals surface area (Å²) in [5.74, 6) is 0.815. The van der Waals surface area contributed by atoms with Crippen LogP contribution in [0.5, 0.6) is 0 Å². The molecule has 3 heterocycles. The molecular formula is C18H30N6O2. The predicted octanol–water partition coefficient (Wildman–Crippen LogP) is 1.15. The number of fused-ring (bicyclic) bond motifs is 1. The topological polar surface area (TPSA) is 79.2 Å². The summed E-state index contributed by atoms with van der Waals surface area (Å²) in [6.45, 7) is 6.64. The molecule has 26 heavy (non-hydrogen) atoms. The molecule has 0 bridgehead atoms. The van der Waals surface area contributed by atoms with Crippen LogP contribution in [0.1, 0.15) is 39.0 Å². The summed E-state index contributed by atoms with van der Waals surface area (Å²) in [5.41, 5.74) is 0.224. The van der Waals surface area contributed by atoms with Crippen molar-refractivity contribution in [3.63, 3.8) is 0 Å². The average Bonchev–Trinajstić information content (AvgIpc) is 3.00. The van der Waals surface area contributed by atoms with Gasteiger partial charge < -0.3 is 14.4 Å². The zero-order valence-electron chi connectivity index (χ0n) is 16.1. The van der Waals surface area contributed by atoms with E-state index in [1.54, 1.807) is 7.05 Å². The van der Waals surface area contributed by atoms with E-state index < -0.39 is 5.69 Å². The molecule has 0 radical (unpaired) electrons. The van der Waals surface area contributed by atoms with Crippen molar-refractivity contribution >= 4 is 17.1 Å². The Bertz CT molecular complexity index is 857. The van der Waals surface area contributed by atoms with Crippen LogP contribution in [0.15, 0.2) is 9.59 Å². The summed E-state index contributed by atoms with van der Waals surface area (Å²) in [5, 5.41) is 0. The standard InChI is InChI=1S/C18H30N6O2/c1-4-5-6-7-8-9-24-14-15(22(3)18(26)20-16(14)25)19-17(24)23-12-10-21(2)11-13-23/h4-13H2,1-3H3,(H,20,25,26). The third kappa shape index (κ3) is 3.70. The minimum atomic E-state index is -0.417. The molecule has 2 aromatic heterocycles. The molecule has 1 fully saturated rings. The first-order valence-electron chi connectivity index (χ1n) is 9.66. The molecule has 0 aliphatic carbocycles. The Balaban J connectivity index is 1.97. The maximum absolute atomic E-state index is 12.5. The number of rotatable bonds is 7. The second-order valence-electron chi connectivity index (χ2n) is 7.26. The molecule has 1 aliphatic heterocycles. The highest BCUT2D eigenvalue weighted by molar-refractivity contribution is 5.74. The second kappa shape index (κ2) is 8.07. The van der Waals surface area contributed by atoms with Gasteiger partial charge in [-0.15, -0.1) is 0 Å². The van der Waals surface area contributed by atoms with Gasteiger partial charge in [0.2, 0.25) is 5.95 Å². The number of nitrogens with one attached hydrogen (secondary N) is 1. The quantitative estimate of drug-likeness (QED) is 0.748. The Morgan fingerprint density at radius 3 is 2.38 bits per heavy atom. The van der Waals surface area contributed by atoms with Crippen molar-refractivity contribution in [2.24, 2.45) is 7.05 Å². The van der Waals surface area contributed by atoms with Crippen molar-refractivity contribution in [2.75, 3.05) is 38.1 Å². The monoisotopic (exact) mass is 362 g/mol. The highest BCUT2D eigenvalue weighted by Crippen LogP contribution is 2.21. The van der Waals surface area contributed by atoms with E-state index in [0.717, 1.165) is 51.5 Å². The minimum Gasteiger partial charge on any atom is -0.340 e. The smallest absolute Gasteiger partial charge is 0.329 e. The van der Waals surface area contributed by atoms with E-state index >= 15 is 0 Å². The van der Waals surface area contributed by atoms with Gasteiger partial charge in [0.05, 0.1) is 0 Å². The number of anilines is 1. The lowest BCUT2D eigenvalue weighted by molar-refractivity contribution is 0.310. The van der Waals surface area contributed by atoms with Gasteiger partial charge >= 0.3 is 5.69 Å². The minimum absolute atomic E-state index is 0.343. The molecule has 1 saturated heterocycles. The molecule has 0 amide bonds. The van der Waals surface area contributed by atoms with Crippen molar-refractivity contribution < 1.29 is 0 Å². The van der Waals surface area contributed by atoms with E-state index in [4.69, 9.17) is 4.98 Å². The molecule has 0 spiro atoms. The Hall–Kier alpha value is -2.09. The van der Waals surface area contributed by atoms with Gasteiger partial charge in [0, 0.05) is 39.8 Å². The summed E-state index contributed by atoms with van der Waals surface area (Å²) in [6, 6.07) is 0. The maximum Gasteiger partial charge on any atom is 0.329 e. The first-order valence-corrected chi connectivity index (χ1v) is 9.66. The number of nitrogens with zero attached hydrogens (tertiary/aromatic N) is 5. The summed E-state index contributed by atoms with van der Waals surface area (Å²) in [4.78, 5) is 36.1. The number of H-pyrrole nitrogens is 1. The predicted molar refractivity (Wildman–Crippen MR) is 104 cm³/mol. The SMILES string of the molecule is CCCCCCCn1c(N2CCN(C)CC2)nc2c1c(=O)[nH]c(=O)n2C. The van der Waals surface area contributed by atoms with Crippen molar-refractivity contribution in [1.82, 2.24) is 24.0 Å². The summed E-state index contributed by atoms with van der Waals surface area (Å²) >= 11 is 0. The fourth-order valence-corrected chi connectivity index (χ4v) is 3.56. The molecule has 3 rings (SSSR count). The van der Waals surface area contributed by atoms with Crippen LogP contribution >= 0.6 is 0 Å². The number of aryl methyl sites for hydroxylation is 2. The first kappa shape index (κ1) is 18.7. The molecule has 1 N–H and O–H groups in total. The molecule has 1 aliphatic rings. The van der Waals surface area contributed by atoms with Gasteiger partial charge in [0.1, 0.15) is 0 Å². The number of piperazine rings is 1. The first-order chi connectivity index (χ1) is 12.5. The largest absolute Gasteiger partial charge is 0.340 e. The van der Waals surface area contributed by atoms with E-state index in [-0.39, 0.29) is 5.56 Å². The zero-order chi connectivity index (χ0) is 18.7. The third-order valence-corrected chi connectivity index (χ3v) is 5.26. The van der Waals surface area contributed by atoms with Crippen molar-refractivity contribution in [2.45, 2.75) is 45.6 Å². The van der Waals surface area contributed by atoms with Gasteiger partial charge in [0.15, 0.2) is 11.2 Å². The van der Waals surface area contributed by atoms with Crippen LogP contribution in [0.2, 0.25) is 0 Å². The van der Waals surface area contributed by atoms with E-state index in [2.05, 4.69) is 28.8 Å². The van der Waals surface area contributed by atoms with Gasteiger partial charge in [0.25, 0.3) is 5.56 Å². The number of unbranched alkanes of at least 4 members (excludes halogenated alkanes) is 4. The highest BCUT2D eigenvalue weighted by Gasteiger charge is 2.23. The molecule has 0 atom stereocenters. The van der Waals surface area contributed by atoms with Crippen LogP contribution in [0.4, 0.5) is 5.95 Å². The fourth-order valence-electron chi connectivity index (χ4n) is 3.56. The van der Waals surface area contributed by atoms with Crippen molar-refractivity contribution in [3.05, 3.63) is 20.8 Å². The van der Waals surface area contributed by atoms with Crippen LogP contribution in [-0.2, 0) is 13.6 Å². The Labute approximate surface area is 153 Å². The van der Waals surface area contributed by atoms with Crippen LogP contribution in [0.25, 0.3) is 11.2 Å². The van der Waals surface area contributed by atoms with E-state index in [9.17, 15) is 9.59 Å². The Morgan fingerprint density at radius 1 is 1.00 bits per heavy atom. The van der Waals surface area contributed by atoms with E-state index in [1.165, 1.54) is 23.8 Å². The third-order valence-electron chi connectivity index (χ3n) is 5.26. The van der Waals surface area contributed by atoms with Crippen molar-refractivity contribution in [1.29, 1.82) is 0 Å². The maximum atomic E-state index is 12.5. The van der Waals surface area contributed by atoms with Crippen LogP contribution in [0.3, 0.4) is 0 Å². The normalized spacial score (nSPS) is 15.9. The lowest BCUT2D eigenvalue weighted by Gasteiger charge is -2.33. The lowest BCUT2D eigenvalue weighted by Crippen LogP contribution is -2.45. The number of hydrogen-bond acceptors (Lipinski definition) is 5. The van der Waals surface area contributed by atoms with Gasteiger partial charge in [-0.25, -0.2) is 4.79 Å². The van der Waals surface area contributed by atoms with Gasteiger partial charge in [-0.3, -0.25) is 14.3 Å². The highest BCUT2D eigenvalue weighted by atomic mass is 16.2. The average molecular weight is 362 g/mol. The number of imidazole rings is 1. The van der Waals surface area contributed by atoms with Gasteiger partial charge in [-0.2, -0.15) is 4.98 Å². The number of aromatic nitrogens is 4. The molecular weight excluding hydrogens is 332 g/mol.